The van der Waals surface area contributed by atoms with Gasteiger partial charge in [-0.1, -0.05) is 0 Å². The third kappa shape index (κ3) is 3.84. The van der Waals surface area contributed by atoms with Crippen molar-refractivity contribution in [3.63, 3.8) is 0 Å². The van der Waals surface area contributed by atoms with Gasteiger partial charge in [0, 0.05) is 32.4 Å². The van der Waals surface area contributed by atoms with Crippen LogP contribution in [0.15, 0.2) is 30.6 Å². The molecule has 0 saturated carbocycles. The molecule has 132 valence electrons. The molecule has 1 atom stereocenters. The Morgan fingerprint density at radius 3 is 2.96 bits per heavy atom. The number of nitrogens with two attached hydrogens (primary N) is 2. The quantitative estimate of drug-likeness (QED) is 0.545. The number of nitrogen functional groups attached to an aromatic ring is 1. The summed E-state index contributed by atoms with van der Waals surface area (Å²) in [5.74, 6) is -0.258. The minimum absolute atomic E-state index is 0.142. The van der Waals surface area contributed by atoms with Crippen molar-refractivity contribution in [1.82, 2.24) is 9.97 Å². The second-order valence-electron chi connectivity index (χ2n) is 6.15. The molecular weight excluding hydrogens is 431 g/mol. The second-order valence-corrected chi connectivity index (χ2v) is 7.25. The molecule has 8 heteroatoms. The predicted molar refractivity (Wildman–Crippen MR) is 108 cm³/mol. The number of halogens is 1. The van der Waals surface area contributed by atoms with Crippen LogP contribution in [0.2, 0.25) is 0 Å². The number of pyridine rings is 2. The zero-order valence-corrected chi connectivity index (χ0v) is 16.2. The van der Waals surface area contributed by atoms with E-state index in [4.69, 9.17) is 11.5 Å². The number of hydrogen-bond acceptors (Lipinski definition) is 6. The Balaban J connectivity index is 1.93. The number of rotatable bonds is 3. The third-order valence-electron chi connectivity index (χ3n) is 4.34. The van der Waals surface area contributed by atoms with Gasteiger partial charge in [-0.15, -0.1) is 0 Å². The molecule has 0 aliphatic carbocycles. The van der Waals surface area contributed by atoms with E-state index in [0.29, 0.717) is 5.69 Å². The number of aromatic nitrogens is 2. The summed E-state index contributed by atoms with van der Waals surface area (Å²) >= 11 is 2.07. The van der Waals surface area contributed by atoms with Gasteiger partial charge < -0.3 is 21.3 Å². The fourth-order valence-corrected chi connectivity index (χ4v) is 3.44. The minimum atomic E-state index is -0.258. The van der Waals surface area contributed by atoms with E-state index in [2.05, 4.69) is 37.5 Å². The van der Waals surface area contributed by atoms with Crippen LogP contribution >= 0.6 is 22.6 Å². The summed E-state index contributed by atoms with van der Waals surface area (Å²) in [5, 5.41) is 0. The van der Waals surface area contributed by atoms with Gasteiger partial charge in [0.05, 0.1) is 23.3 Å². The summed E-state index contributed by atoms with van der Waals surface area (Å²) in [6, 6.07) is 5.53. The maximum Gasteiger partial charge on any atom is 0.278 e. The van der Waals surface area contributed by atoms with Gasteiger partial charge in [0.25, 0.3) is 5.91 Å². The molecule has 1 amide bonds. The molecule has 1 aliphatic rings. The van der Waals surface area contributed by atoms with Crippen LogP contribution < -0.4 is 21.3 Å². The van der Waals surface area contributed by atoms with Crippen LogP contribution in [0, 0.1) is 3.70 Å². The summed E-state index contributed by atoms with van der Waals surface area (Å²) < 4.78 is 0.719. The highest BCUT2D eigenvalue weighted by Crippen LogP contribution is 2.31. The highest BCUT2D eigenvalue weighted by molar-refractivity contribution is 14.1. The van der Waals surface area contributed by atoms with E-state index in [-0.39, 0.29) is 17.6 Å². The molecular formula is C17H21IN6O. The predicted octanol–water partition coefficient (Wildman–Crippen LogP) is 1.87. The molecule has 1 aliphatic heterocycles. The summed E-state index contributed by atoms with van der Waals surface area (Å²) in [5.41, 5.74) is 14.3. The van der Waals surface area contributed by atoms with Crippen LogP contribution in [0.1, 0.15) is 23.3 Å². The lowest BCUT2D eigenvalue weighted by Gasteiger charge is -2.35. The first-order valence-electron chi connectivity index (χ1n) is 8.12. The van der Waals surface area contributed by atoms with Crippen molar-refractivity contribution in [3.8, 4) is 0 Å². The molecule has 3 heterocycles. The first-order chi connectivity index (χ1) is 12.0. The van der Waals surface area contributed by atoms with E-state index in [0.717, 1.165) is 41.0 Å². The maximum atomic E-state index is 12.9. The monoisotopic (exact) mass is 452 g/mol. The Kier molecular flexibility index (Phi) is 5.38. The molecule has 0 unspecified atom stereocenters. The number of carbonyl (C=O) groups is 1. The lowest BCUT2D eigenvalue weighted by molar-refractivity contribution is 0.0989. The van der Waals surface area contributed by atoms with Crippen molar-refractivity contribution in [1.29, 1.82) is 0 Å². The lowest BCUT2D eigenvalue weighted by Crippen LogP contribution is -2.43. The number of hydrogen-bond donors (Lipinski definition) is 2. The van der Waals surface area contributed by atoms with Crippen molar-refractivity contribution >= 4 is 45.6 Å². The Bertz CT molecular complexity index is 783. The van der Waals surface area contributed by atoms with Crippen molar-refractivity contribution in [2.45, 2.75) is 18.9 Å². The third-order valence-corrected chi connectivity index (χ3v) is 4.94. The standard InChI is InChI=1S/C17H21IN6O/c1-23(17(25)16-12(20)4-5-15(18)22-16)14-9-21-7-6-13(14)24-8-2-3-11(19)10-24/h4-7,9,11H,2-3,8,10,19-20H2,1H3/t11-/m0/s1. The van der Waals surface area contributed by atoms with Crippen molar-refractivity contribution < 1.29 is 4.79 Å². The normalized spacial score (nSPS) is 17.4. The van der Waals surface area contributed by atoms with E-state index >= 15 is 0 Å². The maximum absolute atomic E-state index is 12.9. The number of piperidine rings is 1. The highest BCUT2D eigenvalue weighted by Gasteiger charge is 2.24. The van der Waals surface area contributed by atoms with Gasteiger partial charge in [-0.2, -0.15) is 0 Å². The summed E-state index contributed by atoms with van der Waals surface area (Å²) in [6.45, 7) is 1.68. The van der Waals surface area contributed by atoms with Crippen molar-refractivity contribution in [2.24, 2.45) is 5.73 Å². The molecule has 2 aromatic heterocycles. The van der Waals surface area contributed by atoms with Crippen molar-refractivity contribution in [2.75, 3.05) is 35.7 Å². The van der Waals surface area contributed by atoms with E-state index < -0.39 is 0 Å². The molecule has 3 rings (SSSR count). The smallest absolute Gasteiger partial charge is 0.278 e. The van der Waals surface area contributed by atoms with Gasteiger partial charge in [0.15, 0.2) is 5.69 Å². The molecule has 0 aromatic carbocycles. The van der Waals surface area contributed by atoms with E-state index in [9.17, 15) is 4.79 Å². The zero-order valence-electron chi connectivity index (χ0n) is 14.0. The van der Waals surface area contributed by atoms with E-state index in [1.165, 1.54) is 0 Å². The average molecular weight is 452 g/mol. The number of carbonyl (C=O) groups excluding carboxylic acids is 1. The van der Waals surface area contributed by atoms with Gasteiger partial charge in [-0.3, -0.25) is 9.78 Å². The largest absolute Gasteiger partial charge is 0.397 e. The molecule has 0 bridgehead atoms. The summed E-state index contributed by atoms with van der Waals surface area (Å²) in [7, 11) is 1.72. The molecule has 1 fully saturated rings. The van der Waals surface area contributed by atoms with Gasteiger partial charge in [-0.25, -0.2) is 4.98 Å². The van der Waals surface area contributed by atoms with E-state index in [1.54, 1.807) is 36.5 Å². The summed E-state index contributed by atoms with van der Waals surface area (Å²) in [4.78, 5) is 25.2. The molecule has 25 heavy (non-hydrogen) atoms. The topological polar surface area (TPSA) is 101 Å². The fourth-order valence-electron chi connectivity index (χ4n) is 3.02. The Morgan fingerprint density at radius 2 is 2.20 bits per heavy atom. The fraction of sp³-hybridized carbons (Fsp3) is 0.353. The summed E-state index contributed by atoms with van der Waals surface area (Å²) in [6.07, 6.45) is 5.48. The Morgan fingerprint density at radius 1 is 1.40 bits per heavy atom. The van der Waals surface area contributed by atoms with Gasteiger partial charge in [0.1, 0.15) is 3.70 Å². The van der Waals surface area contributed by atoms with Crippen LogP contribution in [0.4, 0.5) is 17.1 Å². The van der Waals surface area contributed by atoms with Gasteiger partial charge in [-0.05, 0) is 53.6 Å². The van der Waals surface area contributed by atoms with Crippen molar-refractivity contribution in [3.05, 3.63) is 40.0 Å². The number of nitrogens with zero attached hydrogens (tertiary/aromatic N) is 4. The average Bonchev–Trinajstić information content (AvgIpc) is 2.62. The van der Waals surface area contributed by atoms with E-state index in [1.807, 2.05) is 6.07 Å². The first-order valence-corrected chi connectivity index (χ1v) is 9.20. The lowest BCUT2D eigenvalue weighted by atomic mass is 10.1. The molecule has 0 spiro atoms. The van der Waals surface area contributed by atoms with Crippen LogP contribution in [0.3, 0.4) is 0 Å². The molecule has 2 aromatic rings. The first kappa shape index (κ1) is 17.9. The molecule has 4 N–H and O–H groups in total. The number of amides is 1. The van der Waals surface area contributed by atoms with Crippen LogP contribution in [0.5, 0.6) is 0 Å². The van der Waals surface area contributed by atoms with Gasteiger partial charge in [0.2, 0.25) is 0 Å². The Hall–Kier alpha value is -1.94. The molecule has 0 radical (unpaired) electrons. The highest BCUT2D eigenvalue weighted by atomic mass is 127. The number of anilines is 3. The van der Waals surface area contributed by atoms with Crippen LogP contribution in [-0.2, 0) is 0 Å². The zero-order chi connectivity index (χ0) is 18.0. The minimum Gasteiger partial charge on any atom is -0.397 e. The molecule has 1 saturated heterocycles. The Labute approximate surface area is 160 Å². The molecule has 7 nitrogen and oxygen atoms in total. The second kappa shape index (κ2) is 7.52. The van der Waals surface area contributed by atoms with Gasteiger partial charge >= 0.3 is 0 Å². The van der Waals surface area contributed by atoms with Crippen LogP contribution in [0.25, 0.3) is 0 Å². The SMILES string of the molecule is CN(C(=O)c1nc(I)ccc1N)c1cnccc1N1CCC[C@H](N)C1. The van der Waals surface area contributed by atoms with Crippen LogP contribution in [-0.4, -0.2) is 42.1 Å².